The third-order valence-corrected chi connectivity index (χ3v) is 5.61. The van der Waals surface area contributed by atoms with E-state index in [2.05, 4.69) is 0 Å². The van der Waals surface area contributed by atoms with Crippen molar-refractivity contribution in [2.24, 2.45) is 0 Å². The first-order valence-corrected chi connectivity index (χ1v) is 10.8. The molecule has 5 nitrogen and oxygen atoms in total. The third kappa shape index (κ3) is 4.56. The summed E-state index contributed by atoms with van der Waals surface area (Å²) in [7, 11) is 0. The molecule has 3 heterocycles. The first-order valence-electron chi connectivity index (χ1n) is 10.8. The quantitative estimate of drug-likeness (QED) is 0.525. The third-order valence-electron chi connectivity index (χ3n) is 5.61. The molecule has 0 amide bonds. The molecule has 3 aromatic rings. The average molecular weight is 429 g/mol. The number of alkyl halides is 2. The lowest BCUT2D eigenvalue weighted by atomic mass is 10.0. The van der Waals surface area contributed by atoms with Crippen LogP contribution in [0.4, 0.5) is 14.6 Å². The van der Waals surface area contributed by atoms with Gasteiger partial charge in [0, 0.05) is 48.8 Å². The molecule has 1 atom stereocenters. The minimum Gasteiger partial charge on any atom is -0.368 e. The van der Waals surface area contributed by atoms with Gasteiger partial charge >= 0.3 is 0 Å². The molecule has 0 bridgehead atoms. The van der Waals surface area contributed by atoms with Crippen LogP contribution in [-0.4, -0.2) is 39.2 Å². The van der Waals surface area contributed by atoms with Crippen LogP contribution in [0, 0.1) is 6.92 Å². The number of piperidine rings is 1. The molecule has 4 rings (SSSR count). The number of nitrogens with zero attached hydrogens (tertiary/aromatic N) is 4. The molecular weight excluding hydrogens is 398 g/mol. The van der Waals surface area contributed by atoms with Gasteiger partial charge in [0.05, 0.1) is 17.4 Å². The predicted molar refractivity (Wildman–Crippen MR) is 119 cm³/mol. The zero-order valence-corrected chi connectivity index (χ0v) is 18.8. The van der Waals surface area contributed by atoms with E-state index in [0.29, 0.717) is 5.65 Å². The van der Waals surface area contributed by atoms with E-state index >= 15 is 0 Å². The zero-order valence-electron chi connectivity index (χ0n) is 18.8. The molecule has 2 aromatic heterocycles. The lowest BCUT2D eigenvalue weighted by Gasteiger charge is -2.36. The van der Waals surface area contributed by atoms with E-state index in [1.54, 1.807) is 4.52 Å². The number of anilines is 1. The maximum Gasteiger partial charge on any atom is 0.251 e. The van der Waals surface area contributed by atoms with E-state index < -0.39 is 5.92 Å². The van der Waals surface area contributed by atoms with Gasteiger partial charge < -0.3 is 9.64 Å². The monoisotopic (exact) mass is 428 g/mol. The molecule has 1 saturated heterocycles. The Morgan fingerprint density at radius 2 is 1.74 bits per heavy atom. The normalized spacial score (nSPS) is 17.8. The van der Waals surface area contributed by atoms with Crippen LogP contribution in [0.5, 0.6) is 0 Å². The van der Waals surface area contributed by atoms with Gasteiger partial charge in [0.25, 0.3) is 5.92 Å². The first-order chi connectivity index (χ1) is 14.5. The summed E-state index contributed by atoms with van der Waals surface area (Å²) < 4.78 is 35.9. The summed E-state index contributed by atoms with van der Waals surface area (Å²) >= 11 is 0. The number of benzene rings is 1. The van der Waals surface area contributed by atoms with Crippen molar-refractivity contribution in [3.63, 3.8) is 0 Å². The number of hydrogen-bond acceptors (Lipinski definition) is 4. The minimum atomic E-state index is -2.62. The van der Waals surface area contributed by atoms with Crippen LogP contribution in [0.15, 0.2) is 36.4 Å². The van der Waals surface area contributed by atoms with Crippen molar-refractivity contribution in [2.75, 3.05) is 18.0 Å². The molecule has 1 aliphatic rings. The number of rotatable bonds is 4. The van der Waals surface area contributed by atoms with Gasteiger partial charge in [0.2, 0.25) is 0 Å². The van der Waals surface area contributed by atoms with E-state index in [4.69, 9.17) is 14.8 Å². The van der Waals surface area contributed by atoms with E-state index in [1.165, 1.54) is 0 Å². The summed E-state index contributed by atoms with van der Waals surface area (Å²) in [5.41, 5.74) is 3.87. The second kappa shape index (κ2) is 7.86. The molecule has 1 aliphatic heterocycles. The average Bonchev–Trinajstić information content (AvgIpc) is 3.10. The molecule has 0 radical (unpaired) electrons. The van der Waals surface area contributed by atoms with Crippen LogP contribution < -0.4 is 4.90 Å². The highest BCUT2D eigenvalue weighted by molar-refractivity contribution is 5.67. The van der Waals surface area contributed by atoms with Gasteiger partial charge in [-0.2, -0.15) is 9.61 Å². The molecule has 1 aromatic carbocycles. The van der Waals surface area contributed by atoms with Gasteiger partial charge in [-0.15, -0.1) is 0 Å². The fraction of sp³-hybridized carbons (Fsp3) is 0.500. The van der Waals surface area contributed by atoms with E-state index in [9.17, 15) is 8.78 Å². The van der Waals surface area contributed by atoms with Gasteiger partial charge in [-0.05, 0) is 34.6 Å². The molecular formula is C24H30F2N4O. The van der Waals surface area contributed by atoms with Gasteiger partial charge in [0.15, 0.2) is 5.65 Å². The zero-order chi connectivity index (χ0) is 22.4. The Morgan fingerprint density at radius 1 is 1.10 bits per heavy atom. The molecule has 0 saturated carbocycles. The summed E-state index contributed by atoms with van der Waals surface area (Å²) in [4.78, 5) is 6.82. The Balaban J connectivity index is 1.87. The number of aromatic nitrogens is 3. The fourth-order valence-corrected chi connectivity index (χ4v) is 4.28. The second-order valence-electron chi connectivity index (χ2n) is 9.32. The second-order valence-corrected chi connectivity index (χ2v) is 9.32. The Kier molecular flexibility index (Phi) is 5.50. The van der Waals surface area contributed by atoms with Crippen molar-refractivity contribution in [3.8, 4) is 11.3 Å². The molecule has 1 unspecified atom stereocenters. The molecule has 166 valence electrons. The SMILES string of the molecule is Cc1nc2cc(-c3ccccc3)nn2c(N2CCC(F)(F)CC2)c1C(C)OC(C)(C)C. The summed E-state index contributed by atoms with van der Waals surface area (Å²) in [6.07, 6.45) is -0.605. The van der Waals surface area contributed by atoms with Crippen LogP contribution in [0.2, 0.25) is 0 Å². The summed E-state index contributed by atoms with van der Waals surface area (Å²) in [6.45, 7) is 10.5. The highest BCUT2D eigenvalue weighted by atomic mass is 19.3. The lowest BCUT2D eigenvalue weighted by molar-refractivity contribution is -0.0534. The van der Waals surface area contributed by atoms with Crippen molar-refractivity contribution in [3.05, 3.63) is 47.7 Å². The van der Waals surface area contributed by atoms with Gasteiger partial charge in [0.1, 0.15) is 5.82 Å². The number of hydrogen-bond donors (Lipinski definition) is 0. The predicted octanol–water partition coefficient (Wildman–Crippen LogP) is 5.82. The smallest absolute Gasteiger partial charge is 0.251 e. The van der Waals surface area contributed by atoms with E-state index in [-0.39, 0.29) is 37.6 Å². The van der Waals surface area contributed by atoms with Crippen LogP contribution in [0.3, 0.4) is 0 Å². The summed E-state index contributed by atoms with van der Waals surface area (Å²) in [5, 5.41) is 4.84. The molecule has 0 spiro atoms. The number of halogens is 2. The van der Waals surface area contributed by atoms with Crippen molar-refractivity contribution >= 4 is 11.5 Å². The van der Waals surface area contributed by atoms with Crippen molar-refractivity contribution in [2.45, 2.75) is 65.1 Å². The molecule has 31 heavy (non-hydrogen) atoms. The van der Waals surface area contributed by atoms with Crippen molar-refractivity contribution < 1.29 is 13.5 Å². The van der Waals surface area contributed by atoms with E-state index in [1.807, 2.05) is 75.9 Å². The Hall–Kier alpha value is -2.54. The van der Waals surface area contributed by atoms with Crippen LogP contribution in [0.25, 0.3) is 16.9 Å². The van der Waals surface area contributed by atoms with Gasteiger partial charge in [-0.3, -0.25) is 0 Å². The largest absolute Gasteiger partial charge is 0.368 e. The fourth-order valence-electron chi connectivity index (χ4n) is 4.28. The maximum absolute atomic E-state index is 13.9. The molecule has 0 N–H and O–H groups in total. The van der Waals surface area contributed by atoms with Crippen LogP contribution >= 0.6 is 0 Å². The highest BCUT2D eigenvalue weighted by Crippen LogP contribution is 2.38. The van der Waals surface area contributed by atoms with Gasteiger partial charge in [-0.25, -0.2) is 13.8 Å². The van der Waals surface area contributed by atoms with Crippen LogP contribution in [-0.2, 0) is 4.74 Å². The van der Waals surface area contributed by atoms with Crippen molar-refractivity contribution in [1.29, 1.82) is 0 Å². The standard InChI is InChI=1S/C24H30F2N4O/c1-16-21(17(2)31-23(3,4)5)22(29-13-11-24(25,26)12-14-29)30-20(27-16)15-19(28-30)18-9-7-6-8-10-18/h6-10,15,17H,11-14H2,1-5H3. The Bertz CT molecular complexity index is 1060. The number of aryl methyl sites for hydroxylation is 1. The Morgan fingerprint density at radius 3 is 2.35 bits per heavy atom. The minimum absolute atomic E-state index is 0.170. The topological polar surface area (TPSA) is 42.7 Å². The summed E-state index contributed by atoms with van der Waals surface area (Å²) in [6, 6.07) is 11.9. The molecule has 1 fully saturated rings. The first kappa shape index (κ1) is 21.7. The van der Waals surface area contributed by atoms with Gasteiger partial charge in [-0.1, -0.05) is 30.3 Å². The molecule has 7 heteroatoms. The van der Waals surface area contributed by atoms with E-state index in [0.717, 1.165) is 28.3 Å². The van der Waals surface area contributed by atoms with Crippen LogP contribution in [0.1, 0.15) is 57.9 Å². The van der Waals surface area contributed by atoms with Crippen molar-refractivity contribution in [1.82, 2.24) is 14.6 Å². The maximum atomic E-state index is 13.9. The Labute approximate surface area is 182 Å². The summed E-state index contributed by atoms with van der Waals surface area (Å²) in [5.74, 6) is -1.82. The highest BCUT2D eigenvalue weighted by Gasteiger charge is 2.36. The number of fused-ring (bicyclic) bond motifs is 1. The number of ether oxygens (including phenoxy) is 1. The lowest BCUT2D eigenvalue weighted by Crippen LogP contribution is -2.41. The molecule has 0 aliphatic carbocycles.